The maximum atomic E-state index is 13.1. The Morgan fingerprint density at radius 1 is 0.639 bits per heavy atom. The van der Waals surface area contributed by atoms with Crippen molar-refractivity contribution in [3.8, 4) is 0 Å². The molecule has 7 nitrogen and oxygen atoms in total. The van der Waals surface area contributed by atoms with Crippen LogP contribution in [-0.4, -0.2) is 52.9 Å². The average molecular weight is 600 g/mol. The second-order valence-corrected chi connectivity index (χ2v) is 9.12. The van der Waals surface area contributed by atoms with Crippen molar-refractivity contribution in [2.75, 3.05) is 4.43 Å². The molecule has 0 saturated carbocycles. The summed E-state index contributed by atoms with van der Waals surface area (Å²) in [6, 6.07) is 25.5. The molecule has 0 aliphatic carbocycles. The van der Waals surface area contributed by atoms with Crippen LogP contribution in [0.1, 0.15) is 38.0 Å². The van der Waals surface area contributed by atoms with E-state index in [9.17, 15) is 14.4 Å². The minimum atomic E-state index is -1.10. The van der Waals surface area contributed by atoms with Gasteiger partial charge in [0.1, 0.15) is 6.10 Å². The first-order valence-electron chi connectivity index (χ1n) is 11.5. The summed E-state index contributed by atoms with van der Waals surface area (Å²) in [6.07, 6.45) is -4.34. The number of hydrogen-bond acceptors (Lipinski definition) is 7. The molecule has 0 spiro atoms. The van der Waals surface area contributed by atoms with E-state index in [1.807, 2.05) is 0 Å². The molecule has 1 heterocycles. The molecule has 1 aliphatic rings. The van der Waals surface area contributed by atoms with Gasteiger partial charge in [0.25, 0.3) is 0 Å². The normalized spacial score (nSPS) is 23.3. The molecule has 0 radical (unpaired) electrons. The summed E-state index contributed by atoms with van der Waals surface area (Å²) in [4.78, 5) is 39.0. The molecule has 0 aromatic heterocycles. The number of ether oxygens (including phenoxy) is 4. The van der Waals surface area contributed by atoms with Crippen LogP contribution in [0.3, 0.4) is 0 Å². The van der Waals surface area contributed by atoms with E-state index < -0.39 is 48.4 Å². The Bertz CT molecular complexity index is 1170. The summed E-state index contributed by atoms with van der Waals surface area (Å²) < 4.78 is 24.1. The van der Waals surface area contributed by atoms with Crippen LogP contribution >= 0.6 is 22.6 Å². The summed E-state index contributed by atoms with van der Waals surface area (Å²) in [5.74, 6) is -1.82. The summed E-state index contributed by atoms with van der Waals surface area (Å²) in [6.45, 7) is 1.74. The zero-order valence-electron chi connectivity index (χ0n) is 19.5. The zero-order chi connectivity index (χ0) is 25.5. The molecule has 186 valence electrons. The van der Waals surface area contributed by atoms with Crippen molar-refractivity contribution in [2.24, 2.45) is 0 Å². The number of alkyl halides is 1. The van der Waals surface area contributed by atoms with Crippen LogP contribution in [0.5, 0.6) is 0 Å². The van der Waals surface area contributed by atoms with E-state index in [1.54, 1.807) is 97.9 Å². The molecule has 1 saturated heterocycles. The Morgan fingerprint density at radius 2 is 1.00 bits per heavy atom. The maximum Gasteiger partial charge on any atom is 0.338 e. The minimum Gasteiger partial charge on any atom is -0.452 e. The van der Waals surface area contributed by atoms with Crippen LogP contribution < -0.4 is 0 Å². The molecule has 4 rings (SSSR count). The summed E-state index contributed by atoms with van der Waals surface area (Å²) in [5.41, 5.74) is 1.00. The lowest BCUT2D eigenvalue weighted by Crippen LogP contribution is -2.61. The molecule has 1 aliphatic heterocycles. The molecule has 36 heavy (non-hydrogen) atoms. The highest BCUT2D eigenvalue weighted by Gasteiger charge is 2.50. The number of hydrogen-bond donors (Lipinski definition) is 0. The van der Waals surface area contributed by atoms with Crippen molar-refractivity contribution in [1.29, 1.82) is 0 Å². The van der Waals surface area contributed by atoms with Gasteiger partial charge < -0.3 is 18.9 Å². The van der Waals surface area contributed by atoms with Crippen molar-refractivity contribution < 1.29 is 33.3 Å². The van der Waals surface area contributed by atoms with Gasteiger partial charge in [-0.1, -0.05) is 77.2 Å². The van der Waals surface area contributed by atoms with E-state index in [1.165, 1.54) is 0 Å². The van der Waals surface area contributed by atoms with E-state index in [0.717, 1.165) is 0 Å². The molecule has 3 aromatic carbocycles. The first-order chi connectivity index (χ1) is 17.5. The van der Waals surface area contributed by atoms with E-state index in [0.29, 0.717) is 21.1 Å². The van der Waals surface area contributed by atoms with Crippen molar-refractivity contribution in [1.82, 2.24) is 0 Å². The van der Waals surface area contributed by atoms with Gasteiger partial charge in [0.05, 0.1) is 22.8 Å². The second-order valence-electron chi connectivity index (χ2n) is 8.24. The quantitative estimate of drug-likeness (QED) is 0.165. The minimum absolute atomic E-state index is 0.323. The van der Waals surface area contributed by atoms with Crippen molar-refractivity contribution in [2.45, 2.75) is 37.4 Å². The fraction of sp³-hybridized carbons (Fsp3) is 0.250. The molecule has 0 bridgehead atoms. The fourth-order valence-electron chi connectivity index (χ4n) is 3.96. The predicted molar refractivity (Wildman–Crippen MR) is 140 cm³/mol. The van der Waals surface area contributed by atoms with E-state index in [4.69, 9.17) is 18.9 Å². The topological polar surface area (TPSA) is 88.1 Å². The molecule has 0 amide bonds. The second kappa shape index (κ2) is 12.1. The van der Waals surface area contributed by atoms with Gasteiger partial charge in [-0.3, -0.25) is 0 Å². The number of rotatable bonds is 7. The van der Waals surface area contributed by atoms with Crippen LogP contribution in [0.25, 0.3) is 0 Å². The van der Waals surface area contributed by atoms with Gasteiger partial charge in [-0.25, -0.2) is 14.4 Å². The van der Waals surface area contributed by atoms with Crippen molar-refractivity contribution >= 4 is 40.5 Å². The molecule has 8 heteroatoms. The molecular formula is C28H25IO7. The Kier molecular flexibility index (Phi) is 8.71. The van der Waals surface area contributed by atoms with Gasteiger partial charge >= 0.3 is 17.9 Å². The lowest BCUT2D eigenvalue weighted by atomic mass is 9.95. The van der Waals surface area contributed by atoms with E-state index in [2.05, 4.69) is 22.6 Å². The lowest BCUT2D eigenvalue weighted by molar-refractivity contribution is -0.210. The molecular weight excluding hydrogens is 575 g/mol. The number of esters is 3. The van der Waals surface area contributed by atoms with Gasteiger partial charge in [-0.05, 0) is 43.3 Å². The molecule has 5 atom stereocenters. The first-order valence-corrected chi connectivity index (χ1v) is 13.0. The first kappa shape index (κ1) is 25.8. The van der Waals surface area contributed by atoms with Crippen molar-refractivity contribution in [3.05, 3.63) is 108 Å². The Morgan fingerprint density at radius 3 is 1.39 bits per heavy atom. The third kappa shape index (κ3) is 6.11. The van der Waals surface area contributed by atoms with Crippen LogP contribution in [0.4, 0.5) is 0 Å². The zero-order valence-corrected chi connectivity index (χ0v) is 21.6. The lowest BCUT2D eigenvalue weighted by Gasteiger charge is -2.43. The Balaban J connectivity index is 1.66. The molecule has 0 unspecified atom stereocenters. The predicted octanol–water partition coefficient (Wildman–Crippen LogP) is 4.89. The van der Waals surface area contributed by atoms with Crippen LogP contribution in [-0.2, 0) is 18.9 Å². The smallest absolute Gasteiger partial charge is 0.338 e. The summed E-state index contributed by atoms with van der Waals surface area (Å²) in [7, 11) is 0. The number of carbonyl (C=O) groups is 3. The molecule has 0 N–H and O–H groups in total. The third-order valence-corrected chi connectivity index (χ3v) is 6.64. The highest BCUT2D eigenvalue weighted by molar-refractivity contribution is 14.1. The standard InChI is InChI=1S/C28H25IO7/c1-18-23(34-26(30)19-11-5-2-6-12-19)25(36-28(32)21-15-9-4-10-16-21)24(22(17-29)33-18)35-27(31)20-13-7-3-8-14-20/h2-16,18,22-25H,17H2,1H3/t18-,22+,23+,24+,25+/m0/s1. The van der Waals surface area contributed by atoms with Crippen LogP contribution in [0.2, 0.25) is 0 Å². The van der Waals surface area contributed by atoms with Crippen molar-refractivity contribution in [3.63, 3.8) is 0 Å². The number of benzene rings is 3. The highest BCUT2D eigenvalue weighted by Crippen LogP contribution is 2.31. The third-order valence-electron chi connectivity index (χ3n) is 5.78. The monoisotopic (exact) mass is 600 g/mol. The number of halogens is 1. The average Bonchev–Trinajstić information content (AvgIpc) is 2.93. The number of carbonyl (C=O) groups excluding carboxylic acids is 3. The van der Waals surface area contributed by atoms with Gasteiger partial charge in [0.15, 0.2) is 18.3 Å². The maximum absolute atomic E-state index is 13.1. The summed E-state index contributed by atoms with van der Waals surface area (Å²) >= 11 is 2.13. The van der Waals surface area contributed by atoms with Gasteiger partial charge in [-0.2, -0.15) is 0 Å². The SMILES string of the molecule is C[C@@H]1O[C@H](CI)[C@@H](OC(=O)c2ccccc2)[C@H](OC(=O)c2ccccc2)[C@@H]1OC(=O)c1ccccc1. The van der Waals surface area contributed by atoms with E-state index in [-0.39, 0.29) is 0 Å². The van der Waals surface area contributed by atoms with E-state index >= 15 is 0 Å². The Labute approximate surface area is 222 Å². The molecule has 3 aromatic rings. The summed E-state index contributed by atoms with van der Waals surface area (Å²) in [5, 5.41) is 0. The van der Waals surface area contributed by atoms with Gasteiger partial charge in [-0.15, -0.1) is 0 Å². The van der Waals surface area contributed by atoms with Crippen LogP contribution in [0.15, 0.2) is 91.0 Å². The molecule has 1 fully saturated rings. The fourth-order valence-corrected chi connectivity index (χ4v) is 4.67. The van der Waals surface area contributed by atoms with Gasteiger partial charge in [0, 0.05) is 4.43 Å². The van der Waals surface area contributed by atoms with Gasteiger partial charge in [0.2, 0.25) is 0 Å². The van der Waals surface area contributed by atoms with Crippen LogP contribution in [0, 0.1) is 0 Å². The Hall–Kier alpha value is -3.24. The largest absolute Gasteiger partial charge is 0.452 e. The highest BCUT2D eigenvalue weighted by atomic mass is 127.